The lowest BCUT2D eigenvalue weighted by atomic mass is 10.2. The third-order valence-corrected chi connectivity index (χ3v) is 4.14. The largest absolute Gasteiger partial charge is 0.493 e. The minimum absolute atomic E-state index is 0.302. The Morgan fingerprint density at radius 3 is 2.74 bits per heavy atom. The minimum atomic E-state index is -0.513. The maximum absolute atomic E-state index is 10.4. The SMILES string of the molecule is COc1cc(C=C[N+](=O)[O-])cc(I)c1OCc1ccccc1Cl. The van der Waals surface area contributed by atoms with Crippen LogP contribution in [0.2, 0.25) is 5.02 Å². The van der Waals surface area contributed by atoms with Crippen molar-refractivity contribution in [1.82, 2.24) is 0 Å². The average molecular weight is 446 g/mol. The van der Waals surface area contributed by atoms with E-state index in [2.05, 4.69) is 22.6 Å². The summed E-state index contributed by atoms with van der Waals surface area (Å²) in [7, 11) is 1.52. The molecular formula is C16H13ClINO4. The normalized spacial score (nSPS) is 10.7. The summed E-state index contributed by atoms with van der Waals surface area (Å²) in [4.78, 5) is 9.91. The Hall–Kier alpha value is -1.80. The van der Waals surface area contributed by atoms with E-state index < -0.39 is 4.92 Å². The number of benzene rings is 2. The second kappa shape index (κ2) is 8.16. The second-order valence-corrected chi connectivity index (χ2v) is 6.08. The van der Waals surface area contributed by atoms with Gasteiger partial charge >= 0.3 is 0 Å². The highest BCUT2D eigenvalue weighted by atomic mass is 127. The van der Waals surface area contributed by atoms with Gasteiger partial charge in [0.2, 0.25) is 6.20 Å². The first-order valence-corrected chi connectivity index (χ1v) is 8.02. The van der Waals surface area contributed by atoms with Gasteiger partial charge in [-0.3, -0.25) is 10.1 Å². The van der Waals surface area contributed by atoms with Gasteiger partial charge in [-0.25, -0.2) is 0 Å². The molecular weight excluding hydrogens is 433 g/mol. The zero-order chi connectivity index (χ0) is 16.8. The van der Waals surface area contributed by atoms with Gasteiger partial charge < -0.3 is 9.47 Å². The summed E-state index contributed by atoms with van der Waals surface area (Å²) >= 11 is 8.22. The lowest BCUT2D eigenvalue weighted by Crippen LogP contribution is -2.00. The Labute approximate surface area is 152 Å². The quantitative estimate of drug-likeness (QED) is 0.365. The summed E-state index contributed by atoms with van der Waals surface area (Å²) < 4.78 is 11.9. The third-order valence-electron chi connectivity index (χ3n) is 2.97. The Balaban J connectivity index is 2.24. The molecule has 2 aromatic rings. The molecule has 0 N–H and O–H groups in total. The highest BCUT2D eigenvalue weighted by Crippen LogP contribution is 2.35. The first kappa shape index (κ1) is 17.6. The molecule has 0 aromatic heterocycles. The Kier molecular flexibility index (Phi) is 6.23. The van der Waals surface area contributed by atoms with E-state index in [1.807, 2.05) is 18.2 Å². The molecule has 0 unspecified atom stereocenters. The van der Waals surface area contributed by atoms with Crippen molar-refractivity contribution in [3.05, 3.63) is 72.4 Å². The van der Waals surface area contributed by atoms with Crippen LogP contribution in [0.25, 0.3) is 6.08 Å². The van der Waals surface area contributed by atoms with Crippen LogP contribution in [-0.2, 0) is 6.61 Å². The summed E-state index contributed by atoms with van der Waals surface area (Å²) in [6, 6.07) is 10.9. The van der Waals surface area contributed by atoms with Crippen molar-refractivity contribution in [2.75, 3.05) is 7.11 Å². The zero-order valence-electron chi connectivity index (χ0n) is 12.2. The van der Waals surface area contributed by atoms with Gasteiger partial charge in [-0.1, -0.05) is 29.8 Å². The molecule has 0 aliphatic rings. The van der Waals surface area contributed by atoms with Crippen molar-refractivity contribution in [2.24, 2.45) is 0 Å². The lowest BCUT2D eigenvalue weighted by Gasteiger charge is -2.14. The zero-order valence-corrected chi connectivity index (χ0v) is 15.1. The van der Waals surface area contributed by atoms with Crippen LogP contribution in [0.3, 0.4) is 0 Å². The van der Waals surface area contributed by atoms with Crippen LogP contribution in [0.1, 0.15) is 11.1 Å². The summed E-state index contributed by atoms with van der Waals surface area (Å²) in [5.74, 6) is 1.08. The van der Waals surface area contributed by atoms with Gasteiger partial charge in [-0.2, -0.15) is 0 Å². The summed E-state index contributed by atoms with van der Waals surface area (Å²) in [6.07, 6.45) is 2.29. The molecule has 0 heterocycles. The van der Waals surface area contributed by atoms with Crippen LogP contribution in [0, 0.1) is 13.7 Å². The summed E-state index contributed by atoms with van der Waals surface area (Å²) in [5, 5.41) is 11.1. The molecule has 0 saturated heterocycles. The highest BCUT2D eigenvalue weighted by Gasteiger charge is 2.12. The fraction of sp³-hybridized carbons (Fsp3) is 0.125. The molecule has 0 aliphatic carbocycles. The maximum atomic E-state index is 10.4. The highest BCUT2D eigenvalue weighted by molar-refractivity contribution is 14.1. The van der Waals surface area contributed by atoms with Crippen LogP contribution in [-0.4, -0.2) is 12.0 Å². The van der Waals surface area contributed by atoms with Gasteiger partial charge in [0.05, 0.1) is 15.6 Å². The third kappa shape index (κ3) is 4.84. The molecule has 0 bridgehead atoms. The van der Waals surface area contributed by atoms with E-state index in [1.165, 1.54) is 13.2 Å². The molecule has 0 radical (unpaired) electrons. The molecule has 5 nitrogen and oxygen atoms in total. The molecule has 0 spiro atoms. The van der Waals surface area contributed by atoms with E-state index in [4.69, 9.17) is 21.1 Å². The van der Waals surface area contributed by atoms with E-state index in [0.29, 0.717) is 28.7 Å². The van der Waals surface area contributed by atoms with Crippen molar-refractivity contribution in [1.29, 1.82) is 0 Å². The van der Waals surface area contributed by atoms with Crippen LogP contribution >= 0.6 is 34.2 Å². The smallest absolute Gasteiger partial charge is 0.235 e. The van der Waals surface area contributed by atoms with Crippen molar-refractivity contribution in [3.8, 4) is 11.5 Å². The predicted octanol–water partition coefficient (Wildman–Crippen LogP) is 4.78. The van der Waals surface area contributed by atoms with Gasteiger partial charge in [-0.15, -0.1) is 0 Å². The fourth-order valence-electron chi connectivity index (χ4n) is 1.89. The van der Waals surface area contributed by atoms with Gasteiger partial charge in [-0.05, 0) is 46.4 Å². The Morgan fingerprint density at radius 2 is 2.09 bits per heavy atom. The van der Waals surface area contributed by atoms with Crippen LogP contribution in [0.15, 0.2) is 42.6 Å². The average Bonchev–Trinajstić information content (AvgIpc) is 2.52. The summed E-state index contributed by atoms with van der Waals surface area (Å²) in [6.45, 7) is 0.302. The first-order valence-electron chi connectivity index (χ1n) is 6.56. The second-order valence-electron chi connectivity index (χ2n) is 4.52. The monoisotopic (exact) mass is 445 g/mol. The fourth-order valence-corrected chi connectivity index (χ4v) is 2.86. The van der Waals surface area contributed by atoms with Gasteiger partial charge in [0.1, 0.15) is 6.61 Å². The molecule has 0 saturated carbocycles. The van der Waals surface area contributed by atoms with E-state index in [-0.39, 0.29) is 0 Å². The van der Waals surface area contributed by atoms with E-state index in [9.17, 15) is 10.1 Å². The molecule has 120 valence electrons. The molecule has 2 aromatic carbocycles. The van der Waals surface area contributed by atoms with E-state index in [0.717, 1.165) is 15.3 Å². The Morgan fingerprint density at radius 1 is 1.35 bits per heavy atom. The molecule has 0 atom stereocenters. The summed E-state index contributed by atoms with van der Waals surface area (Å²) in [5.41, 5.74) is 1.53. The molecule has 2 rings (SSSR count). The molecule has 0 amide bonds. The van der Waals surface area contributed by atoms with Crippen molar-refractivity contribution >= 4 is 40.3 Å². The number of halogens is 2. The van der Waals surface area contributed by atoms with Gasteiger partial charge in [0.15, 0.2) is 11.5 Å². The first-order chi connectivity index (χ1) is 11.0. The number of nitro groups is 1. The van der Waals surface area contributed by atoms with Crippen molar-refractivity contribution in [3.63, 3.8) is 0 Å². The van der Waals surface area contributed by atoms with Gasteiger partial charge in [0.25, 0.3) is 0 Å². The van der Waals surface area contributed by atoms with Crippen LogP contribution in [0.5, 0.6) is 11.5 Å². The Bertz CT molecular complexity index is 749. The molecule has 23 heavy (non-hydrogen) atoms. The maximum Gasteiger partial charge on any atom is 0.235 e. The van der Waals surface area contributed by atoms with Crippen LogP contribution < -0.4 is 9.47 Å². The van der Waals surface area contributed by atoms with Gasteiger partial charge in [0, 0.05) is 16.7 Å². The van der Waals surface area contributed by atoms with E-state index in [1.54, 1.807) is 18.2 Å². The topological polar surface area (TPSA) is 61.6 Å². The minimum Gasteiger partial charge on any atom is -0.493 e. The number of rotatable bonds is 6. The van der Waals surface area contributed by atoms with Crippen molar-refractivity contribution in [2.45, 2.75) is 6.61 Å². The standard InChI is InChI=1S/C16H13ClINO4/c1-22-15-9-11(6-7-19(20)21)8-14(18)16(15)23-10-12-4-2-3-5-13(12)17/h2-9H,10H2,1H3. The number of hydrogen-bond donors (Lipinski definition) is 0. The van der Waals surface area contributed by atoms with E-state index >= 15 is 0 Å². The van der Waals surface area contributed by atoms with Crippen LogP contribution in [0.4, 0.5) is 0 Å². The number of nitrogens with zero attached hydrogens (tertiary/aromatic N) is 1. The molecule has 0 aliphatic heterocycles. The lowest BCUT2D eigenvalue weighted by molar-refractivity contribution is -0.400. The number of hydrogen-bond acceptors (Lipinski definition) is 4. The van der Waals surface area contributed by atoms with Crippen molar-refractivity contribution < 1.29 is 14.4 Å². The predicted molar refractivity (Wildman–Crippen MR) is 97.5 cm³/mol. The molecule has 0 fully saturated rings. The number of ether oxygens (including phenoxy) is 2. The molecule has 7 heteroatoms. The number of methoxy groups -OCH3 is 1.